The number of hydrogen-bond acceptors (Lipinski definition) is 13. The van der Waals surface area contributed by atoms with Crippen LogP contribution in [0, 0.1) is 0 Å². The van der Waals surface area contributed by atoms with Crippen LogP contribution in [0.3, 0.4) is 0 Å². The second-order valence-electron chi connectivity index (χ2n) is 7.37. The number of carbonyl (C=O) groups is 5. The lowest BCUT2D eigenvalue weighted by molar-refractivity contribution is -0.338. The Morgan fingerprint density at radius 2 is 1.40 bits per heavy atom. The maximum Gasteiger partial charge on any atom is 0.324 e. The first-order valence-corrected chi connectivity index (χ1v) is 11.6. The SMILES string of the molecule is CCCO[C@@H](O[C@@H]1O[C@H](COC(C)=O)[C@@H](OC(C)=O)[C@H](OC(C)=O)[C@H]1OC(C)=O)[C@@H](Br)C(=O)OC. The monoisotopic (exact) mass is 570 g/mol. The van der Waals surface area contributed by atoms with Crippen molar-refractivity contribution in [1.82, 2.24) is 0 Å². The summed E-state index contributed by atoms with van der Waals surface area (Å²) in [7, 11) is 1.17. The average Bonchev–Trinajstić information content (AvgIpc) is 2.76. The highest BCUT2D eigenvalue weighted by Crippen LogP contribution is 2.31. The van der Waals surface area contributed by atoms with Crippen LogP contribution in [-0.2, 0) is 61.9 Å². The fourth-order valence-corrected chi connectivity index (χ4v) is 3.55. The Bertz CT molecular complexity index is 758. The molecule has 0 aromatic carbocycles. The van der Waals surface area contributed by atoms with Crippen molar-refractivity contribution in [2.75, 3.05) is 20.3 Å². The summed E-state index contributed by atoms with van der Waals surface area (Å²) in [5.74, 6) is -3.73. The van der Waals surface area contributed by atoms with Gasteiger partial charge in [0.2, 0.25) is 6.29 Å². The van der Waals surface area contributed by atoms with Crippen LogP contribution in [0.2, 0.25) is 0 Å². The van der Waals surface area contributed by atoms with Gasteiger partial charge < -0.3 is 37.9 Å². The van der Waals surface area contributed by atoms with Crippen molar-refractivity contribution in [3.63, 3.8) is 0 Å². The lowest BCUT2D eigenvalue weighted by Crippen LogP contribution is -2.63. The molecule has 14 heteroatoms. The van der Waals surface area contributed by atoms with Gasteiger partial charge in [-0.05, 0) is 6.42 Å². The molecule has 1 saturated heterocycles. The van der Waals surface area contributed by atoms with Crippen molar-refractivity contribution in [1.29, 1.82) is 0 Å². The number of hydrogen-bond donors (Lipinski definition) is 0. The van der Waals surface area contributed by atoms with Gasteiger partial charge in [0.25, 0.3) is 0 Å². The molecule has 0 N–H and O–H groups in total. The number of halogens is 1. The predicted molar refractivity (Wildman–Crippen MR) is 118 cm³/mol. The van der Waals surface area contributed by atoms with E-state index in [0.29, 0.717) is 6.42 Å². The van der Waals surface area contributed by atoms with Crippen molar-refractivity contribution in [3.8, 4) is 0 Å². The van der Waals surface area contributed by atoms with Gasteiger partial charge in [-0.25, -0.2) is 0 Å². The quantitative estimate of drug-likeness (QED) is 0.140. The van der Waals surface area contributed by atoms with Crippen molar-refractivity contribution in [2.24, 2.45) is 0 Å². The molecule has 1 fully saturated rings. The molecular formula is C21H31BrO13. The van der Waals surface area contributed by atoms with Crippen LogP contribution in [0.5, 0.6) is 0 Å². The summed E-state index contributed by atoms with van der Waals surface area (Å²) in [6, 6.07) is 0. The highest BCUT2D eigenvalue weighted by atomic mass is 79.9. The number of alkyl halides is 1. The molecule has 200 valence electrons. The van der Waals surface area contributed by atoms with Crippen molar-refractivity contribution in [2.45, 2.75) is 82.9 Å². The van der Waals surface area contributed by atoms with Gasteiger partial charge >= 0.3 is 29.8 Å². The van der Waals surface area contributed by atoms with Gasteiger partial charge in [-0.1, -0.05) is 22.9 Å². The number of ether oxygens (including phenoxy) is 8. The van der Waals surface area contributed by atoms with Crippen LogP contribution < -0.4 is 0 Å². The van der Waals surface area contributed by atoms with E-state index in [1.807, 2.05) is 6.92 Å². The van der Waals surface area contributed by atoms with E-state index < -0.39 is 78.3 Å². The molecule has 0 aliphatic carbocycles. The highest BCUT2D eigenvalue weighted by molar-refractivity contribution is 9.10. The minimum atomic E-state index is -1.51. The summed E-state index contributed by atoms with van der Waals surface area (Å²) in [4.78, 5) is 58.0. The maximum atomic E-state index is 12.1. The molecule has 0 spiro atoms. The summed E-state index contributed by atoms with van der Waals surface area (Å²) in [6.07, 6.45) is -7.67. The first-order chi connectivity index (χ1) is 16.4. The Hall–Kier alpha value is -2.29. The van der Waals surface area contributed by atoms with Crippen molar-refractivity contribution in [3.05, 3.63) is 0 Å². The lowest BCUT2D eigenvalue weighted by Gasteiger charge is -2.44. The van der Waals surface area contributed by atoms with Gasteiger partial charge in [-0.3, -0.25) is 24.0 Å². The highest BCUT2D eigenvalue weighted by Gasteiger charge is 2.54. The Balaban J connectivity index is 3.45. The summed E-state index contributed by atoms with van der Waals surface area (Å²) >= 11 is 3.15. The van der Waals surface area contributed by atoms with Crippen LogP contribution in [0.4, 0.5) is 0 Å². The molecule has 0 aromatic heterocycles. The molecule has 1 aliphatic heterocycles. The molecule has 0 bridgehead atoms. The second kappa shape index (κ2) is 15.0. The van der Waals surface area contributed by atoms with Crippen LogP contribution in [0.1, 0.15) is 41.0 Å². The normalized spacial score (nSPS) is 25.5. The molecule has 0 amide bonds. The average molecular weight is 571 g/mol. The number of carbonyl (C=O) groups excluding carboxylic acids is 5. The van der Waals surface area contributed by atoms with E-state index in [2.05, 4.69) is 15.9 Å². The summed E-state index contributed by atoms with van der Waals surface area (Å²) < 4.78 is 43.0. The predicted octanol–water partition coefficient (Wildman–Crippen LogP) is 0.775. The number of methoxy groups -OCH3 is 1. The molecule has 0 unspecified atom stereocenters. The van der Waals surface area contributed by atoms with Gasteiger partial charge in [-0.15, -0.1) is 0 Å². The van der Waals surface area contributed by atoms with Gasteiger partial charge in [0, 0.05) is 34.3 Å². The minimum Gasteiger partial charge on any atom is -0.468 e. The first-order valence-electron chi connectivity index (χ1n) is 10.7. The van der Waals surface area contributed by atoms with Crippen LogP contribution in [0.25, 0.3) is 0 Å². The Kier molecular flexibility index (Phi) is 13.1. The molecule has 0 aromatic rings. The second-order valence-corrected chi connectivity index (χ2v) is 8.35. The van der Waals surface area contributed by atoms with Gasteiger partial charge in [0.15, 0.2) is 29.4 Å². The molecule has 13 nitrogen and oxygen atoms in total. The summed E-state index contributed by atoms with van der Waals surface area (Å²) in [5, 5.41) is 0. The van der Waals surface area contributed by atoms with Crippen LogP contribution >= 0.6 is 15.9 Å². The standard InChI is InChI=1S/C21H31BrO13/c1-7-8-29-20(15(22)19(27)28-6)35-21-18(33-13(5)26)17(32-12(4)25)16(31-11(3)24)14(34-21)9-30-10(2)23/h14-18,20-21H,7-9H2,1-6H3/t14-,15+,16-,17+,18-,20+,21+/m1/s1. The Morgan fingerprint density at radius 3 is 1.89 bits per heavy atom. The zero-order valence-corrected chi connectivity index (χ0v) is 21.9. The minimum absolute atomic E-state index is 0.176. The maximum absolute atomic E-state index is 12.1. The summed E-state index contributed by atoms with van der Waals surface area (Å²) in [6.45, 7) is 6.04. The van der Waals surface area contributed by atoms with E-state index in [-0.39, 0.29) is 6.61 Å². The third-order valence-corrected chi connectivity index (χ3v) is 5.17. The summed E-state index contributed by atoms with van der Waals surface area (Å²) in [5.41, 5.74) is 0. The van der Waals surface area contributed by atoms with E-state index in [4.69, 9.17) is 37.9 Å². The van der Waals surface area contributed by atoms with Gasteiger partial charge in [0.05, 0.1) is 7.11 Å². The number of esters is 5. The van der Waals surface area contributed by atoms with E-state index in [0.717, 1.165) is 27.7 Å². The van der Waals surface area contributed by atoms with Crippen molar-refractivity contribution < 1.29 is 61.9 Å². The molecule has 0 saturated carbocycles. The fourth-order valence-electron chi connectivity index (χ4n) is 3.08. The third kappa shape index (κ3) is 10.1. The van der Waals surface area contributed by atoms with E-state index in [1.54, 1.807) is 0 Å². The topological polar surface area (TPSA) is 159 Å². The first kappa shape index (κ1) is 30.7. The van der Waals surface area contributed by atoms with E-state index in [1.165, 1.54) is 7.11 Å². The molecule has 1 aliphatic rings. The fraction of sp³-hybridized carbons (Fsp3) is 0.762. The number of rotatable bonds is 12. The molecule has 7 atom stereocenters. The van der Waals surface area contributed by atoms with Gasteiger partial charge in [-0.2, -0.15) is 0 Å². The smallest absolute Gasteiger partial charge is 0.324 e. The Morgan fingerprint density at radius 1 is 0.857 bits per heavy atom. The van der Waals surface area contributed by atoms with E-state index in [9.17, 15) is 24.0 Å². The molecular weight excluding hydrogens is 540 g/mol. The Labute approximate surface area is 211 Å². The largest absolute Gasteiger partial charge is 0.468 e. The molecule has 35 heavy (non-hydrogen) atoms. The van der Waals surface area contributed by atoms with Crippen LogP contribution in [-0.4, -0.2) is 92.0 Å². The molecule has 0 radical (unpaired) electrons. The van der Waals surface area contributed by atoms with E-state index >= 15 is 0 Å². The molecule has 1 heterocycles. The third-order valence-electron chi connectivity index (χ3n) is 4.37. The van der Waals surface area contributed by atoms with Crippen LogP contribution in [0.15, 0.2) is 0 Å². The van der Waals surface area contributed by atoms with Gasteiger partial charge in [0.1, 0.15) is 12.7 Å². The van der Waals surface area contributed by atoms with Crippen molar-refractivity contribution >= 4 is 45.8 Å². The molecule has 1 rings (SSSR count). The zero-order chi connectivity index (χ0) is 26.7. The lowest BCUT2D eigenvalue weighted by atomic mass is 9.98. The zero-order valence-electron chi connectivity index (χ0n) is 20.3.